The van der Waals surface area contributed by atoms with Crippen molar-refractivity contribution in [2.24, 2.45) is 11.1 Å². The van der Waals surface area contributed by atoms with Crippen molar-refractivity contribution in [1.82, 2.24) is 30.5 Å². The molecule has 1 aromatic heterocycles. The van der Waals surface area contributed by atoms with Crippen LogP contribution < -0.4 is 16.4 Å². The molecule has 1 fully saturated rings. The highest BCUT2D eigenvalue weighted by atomic mass is 32.2. The Labute approximate surface area is 222 Å². The van der Waals surface area contributed by atoms with Crippen molar-refractivity contribution in [2.45, 2.75) is 57.2 Å². The van der Waals surface area contributed by atoms with Gasteiger partial charge in [-0.15, -0.1) is 5.10 Å². The van der Waals surface area contributed by atoms with E-state index in [0.29, 0.717) is 64.7 Å². The van der Waals surface area contributed by atoms with Gasteiger partial charge in [0.15, 0.2) is 0 Å². The van der Waals surface area contributed by atoms with E-state index in [-0.39, 0.29) is 17.7 Å². The molecule has 0 radical (unpaired) electrons. The second-order valence-electron chi connectivity index (χ2n) is 10.0. The summed E-state index contributed by atoms with van der Waals surface area (Å²) in [6.45, 7) is 1.97. The Hall–Kier alpha value is -2.92. The molecule has 2 bridgehead atoms. The average molecular weight is 528 g/mol. The topological polar surface area (TPSA) is 135 Å². The summed E-state index contributed by atoms with van der Waals surface area (Å²) in [7, 11) is 0. The van der Waals surface area contributed by atoms with Crippen LogP contribution in [0.4, 0.5) is 0 Å². The number of rotatable bonds is 6. The summed E-state index contributed by atoms with van der Waals surface area (Å²) in [6.07, 6.45) is 6.94. The number of carbonyl (C=O) groups is 3. The smallest absolute Gasteiger partial charge is 0.242 e. The van der Waals surface area contributed by atoms with E-state index in [4.69, 9.17) is 5.73 Å². The van der Waals surface area contributed by atoms with E-state index in [1.54, 1.807) is 21.3 Å². The number of carbonyl (C=O) groups excluding carboxylic acids is 3. The lowest BCUT2D eigenvalue weighted by atomic mass is 9.73. The van der Waals surface area contributed by atoms with Gasteiger partial charge in [0.1, 0.15) is 6.04 Å². The molecule has 1 spiro atoms. The van der Waals surface area contributed by atoms with Crippen LogP contribution in [0.25, 0.3) is 0 Å². The van der Waals surface area contributed by atoms with Crippen LogP contribution in [-0.4, -0.2) is 81.3 Å². The van der Waals surface area contributed by atoms with Crippen molar-refractivity contribution >= 4 is 29.5 Å². The summed E-state index contributed by atoms with van der Waals surface area (Å²) in [5.41, 5.74) is 7.06. The molecule has 2 aromatic rings. The van der Waals surface area contributed by atoms with Crippen LogP contribution in [-0.2, 0) is 33.8 Å². The molecule has 1 unspecified atom stereocenters. The molecule has 4 N–H and O–H groups in total. The number of aryl methyl sites for hydroxylation is 1. The van der Waals surface area contributed by atoms with Gasteiger partial charge in [0.25, 0.3) is 0 Å². The Morgan fingerprint density at radius 3 is 2.70 bits per heavy atom. The maximum absolute atomic E-state index is 13.9. The molecule has 1 saturated heterocycles. The van der Waals surface area contributed by atoms with Gasteiger partial charge in [-0.1, -0.05) is 35.5 Å². The number of benzene rings is 1. The molecule has 3 amide bonds. The monoisotopic (exact) mass is 527 g/mol. The van der Waals surface area contributed by atoms with Gasteiger partial charge in [-0.3, -0.25) is 19.1 Å². The van der Waals surface area contributed by atoms with Crippen molar-refractivity contribution in [3.8, 4) is 0 Å². The minimum Gasteiger partial charge on any atom is -0.354 e. The number of aromatic nitrogens is 3. The Morgan fingerprint density at radius 1 is 1.22 bits per heavy atom. The molecule has 10 nitrogen and oxygen atoms in total. The molecule has 200 valence electrons. The third-order valence-corrected chi connectivity index (χ3v) is 7.98. The molecule has 2 aliphatic rings. The fourth-order valence-electron chi connectivity index (χ4n) is 5.06. The van der Waals surface area contributed by atoms with E-state index < -0.39 is 17.5 Å². The lowest BCUT2D eigenvalue weighted by Crippen LogP contribution is -2.57. The van der Waals surface area contributed by atoms with Gasteiger partial charge in [-0.25, -0.2) is 0 Å². The van der Waals surface area contributed by atoms with Crippen LogP contribution in [0, 0.1) is 5.41 Å². The second kappa shape index (κ2) is 12.6. The Balaban J connectivity index is 1.55. The van der Waals surface area contributed by atoms with Gasteiger partial charge in [0.05, 0.1) is 17.2 Å². The highest BCUT2D eigenvalue weighted by Gasteiger charge is 2.44. The minimum absolute atomic E-state index is 0.0683. The lowest BCUT2D eigenvalue weighted by molar-refractivity contribution is -0.142. The van der Waals surface area contributed by atoms with Crippen LogP contribution in [0.5, 0.6) is 0 Å². The van der Waals surface area contributed by atoms with Gasteiger partial charge in [0.2, 0.25) is 17.7 Å². The summed E-state index contributed by atoms with van der Waals surface area (Å²) in [6, 6.07) is 8.46. The maximum Gasteiger partial charge on any atom is 0.242 e. The number of fused-ring (bicyclic) bond motifs is 2. The first-order valence-corrected chi connectivity index (χ1v) is 14.3. The number of piperidine rings is 1. The van der Waals surface area contributed by atoms with Gasteiger partial charge < -0.3 is 21.3 Å². The zero-order valence-electron chi connectivity index (χ0n) is 21.4. The first-order valence-electron chi connectivity index (χ1n) is 12.9. The van der Waals surface area contributed by atoms with E-state index >= 15 is 0 Å². The first kappa shape index (κ1) is 27.1. The van der Waals surface area contributed by atoms with Crippen LogP contribution >= 0.6 is 11.8 Å². The number of hydrogen-bond donors (Lipinski definition) is 3. The van der Waals surface area contributed by atoms with E-state index in [0.717, 1.165) is 17.0 Å². The van der Waals surface area contributed by atoms with Crippen molar-refractivity contribution < 1.29 is 14.4 Å². The number of likely N-dealkylation sites (tertiary alicyclic amines) is 1. The van der Waals surface area contributed by atoms with Crippen LogP contribution in [0.3, 0.4) is 0 Å². The second-order valence-corrected chi connectivity index (χ2v) is 11.0. The standard InChI is InChI=1S/C26H37N7O3S/c1-37-15-8-21(27)24(35)32-13-9-26(10-14-32)17-20-18-33(31-30-20)12-5-11-28-23(34)22(29-25(26)36)16-19-6-3-2-4-7-19/h2-4,6-7,18,21-22H,5,8-17,27H2,1H3,(H,28,34)(H,29,36)/t21-,22?/m0/s1. The fourth-order valence-corrected chi connectivity index (χ4v) is 5.55. The molecule has 0 saturated carbocycles. The number of nitrogens with two attached hydrogens (primary N) is 1. The number of hydrogen-bond acceptors (Lipinski definition) is 7. The molecule has 4 rings (SSSR count). The van der Waals surface area contributed by atoms with E-state index in [1.165, 1.54) is 0 Å². The number of nitrogens with zero attached hydrogens (tertiary/aromatic N) is 4. The molecule has 37 heavy (non-hydrogen) atoms. The van der Waals surface area contributed by atoms with Crippen molar-refractivity contribution in [1.29, 1.82) is 0 Å². The molecule has 0 aliphatic carbocycles. The lowest BCUT2D eigenvalue weighted by Gasteiger charge is -2.41. The minimum atomic E-state index is -0.801. The zero-order chi connectivity index (χ0) is 26.3. The highest BCUT2D eigenvalue weighted by Crippen LogP contribution is 2.36. The normalized spacial score (nSPS) is 21.2. The summed E-state index contributed by atoms with van der Waals surface area (Å²) in [5, 5.41) is 14.6. The van der Waals surface area contributed by atoms with Crippen molar-refractivity contribution in [3.63, 3.8) is 0 Å². The van der Waals surface area contributed by atoms with E-state index in [2.05, 4.69) is 20.9 Å². The van der Waals surface area contributed by atoms with Crippen LogP contribution in [0.1, 0.15) is 36.9 Å². The van der Waals surface area contributed by atoms with E-state index in [1.807, 2.05) is 42.8 Å². The van der Waals surface area contributed by atoms with E-state index in [9.17, 15) is 14.4 Å². The van der Waals surface area contributed by atoms with Crippen LogP contribution in [0.15, 0.2) is 36.5 Å². The van der Waals surface area contributed by atoms with Gasteiger partial charge in [-0.2, -0.15) is 11.8 Å². The number of amides is 3. The largest absolute Gasteiger partial charge is 0.354 e. The summed E-state index contributed by atoms with van der Waals surface area (Å²) < 4.78 is 1.76. The summed E-state index contributed by atoms with van der Waals surface area (Å²) in [5.74, 6) is 0.378. The summed E-state index contributed by atoms with van der Waals surface area (Å²) in [4.78, 5) is 41.8. The molecule has 11 heteroatoms. The summed E-state index contributed by atoms with van der Waals surface area (Å²) >= 11 is 1.67. The SMILES string of the molecule is CSCC[C@H](N)C(=O)N1CCC2(CC1)Cc1cn(nn1)CCCNC(=O)C(Cc1ccccc1)NC2=O. The predicted octanol–water partition coefficient (Wildman–Crippen LogP) is 0.757. The molecule has 3 heterocycles. The number of thioether (sulfide) groups is 1. The Morgan fingerprint density at radius 2 is 1.97 bits per heavy atom. The van der Waals surface area contributed by atoms with Crippen LogP contribution in [0.2, 0.25) is 0 Å². The van der Waals surface area contributed by atoms with Gasteiger partial charge in [0, 0.05) is 45.2 Å². The number of nitrogens with one attached hydrogen (secondary N) is 2. The zero-order valence-corrected chi connectivity index (χ0v) is 22.2. The maximum atomic E-state index is 13.9. The fraction of sp³-hybridized carbons (Fsp3) is 0.577. The average Bonchev–Trinajstić information content (AvgIpc) is 3.36. The van der Waals surface area contributed by atoms with Crippen molar-refractivity contribution in [2.75, 3.05) is 31.6 Å². The third-order valence-electron chi connectivity index (χ3n) is 7.34. The Kier molecular flexibility index (Phi) is 9.20. The molecule has 2 atom stereocenters. The van der Waals surface area contributed by atoms with Gasteiger partial charge in [-0.05, 0) is 43.3 Å². The first-order chi connectivity index (χ1) is 17.9. The quantitative estimate of drug-likeness (QED) is 0.505. The predicted molar refractivity (Wildman–Crippen MR) is 143 cm³/mol. The Bertz CT molecular complexity index is 1070. The molecule has 1 aromatic carbocycles. The molecular formula is C26H37N7O3S. The highest BCUT2D eigenvalue weighted by molar-refractivity contribution is 7.98. The molecular weight excluding hydrogens is 490 g/mol. The third kappa shape index (κ3) is 6.89. The van der Waals surface area contributed by atoms with Gasteiger partial charge >= 0.3 is 0 Å². The molecule has 2 aliphatic heterocycles. The van der Waals surface area contributed by atoms with Crippen molar-refractivity contribution in [3.05, 3.63) is 47.8 Å².